The van der Waals surface area contributed by atoms with Gasteiger partial charge in [0.05, 0.1) is 11.9 Å². The standard InChI is InChI=1S/C12H12N2.C9H12.C2H6/c1-9-5-10(2)7-11(6-9)12-8-13-3-4-14-12;1-7-4-8(2)6-9(3)5-7;1-2/h3-8H,1-2H3;4-6H,1-3H3;1-2H3. The minimum absolute atomic E-state index is 0.930. The third-order valence-corrected chi connectivity index (χ3v) is 3.45. The smallest absolute Gasteiger partial charge is 0.0885 e. The molecule has 25 heavy (non-hydrogen) atoms. The summed E-state index contributed by atoms with van der Waals surface area (Å²) in [6, 6.07) is 13.0. The van der Waals surface area contributed by atoms with Gasteiger partial charge in [0, 0.05) is 18.0 Å². The predicted octanol–water partition coefficient (Wildman–Crippen LogP) is 6.40. The van der Waals surface area contributed by atoms with Crippen LogP contribution in [0.15, 0.2) is 55.0 Å². The van der Waals surface area contributed by atoms with Crippen molar-refractivity contribution in [2.75, 3.05) is 0 Å². The van der Waals surface area contributed by atoms with E-state index in [1.54, 1.807) is 18.6 Å². The van der Waals surface area contributed by atoms with Crippen molar-refractivity contribution < 1.29 is 0 Å². The molecule has 0 saturated carbocycles. The molecule has 2 nitrogen and oxygen atoms in total. The van der Waals surface area contributed by atoms with E-state index in [1.165, 1.54) is 27.8 Å². The molecule has 3 aromatic rings. The van der Waals surface area contributed by atoms with Crippen molar-refractivity contribution in [3.8, 4) is 11.3 Å². The highest BCUT2D eigenvalue weighted by atomic mass is 14.8. The highest BCUT2D eigenvalue weighted by molar-refractivity contribution is 5.60. The first kappa shape index (κ1) is 20.6. The first-order chi connectivity index (χ1) is 11.9. The lowest BCUT2D eigenvalue weighted by atomic mass is 10.1. The molecule has 2 aromatic carbocycles. The molecule has 0 radical (unpaired) electrons. The highest BCUT2D eigenvalue weighted by Gasteiger charge is 1.99. The zero-order valence-corrected chi connectivity index (χ0v) is 16.6. The lowest BCUT2D eigenvalue weighted by molar-refractivity contribution is 1.20. The third kappa shape index (κ3) is 7.30. The molecule has 1 heterocycles. The van der Waals surface area contributed by atoms with Gasteiger partial charge < -0.3 is 0 Å². The van der Waals surface area contributed by atoms with Gasteiger partial charge in [-0.15, -0.1) is 0 Å². The molecule has 0 amide bonds. The van der Waals surface area contributed by atoms with Crippen LogP contribution >= 0.6 is 0 Å². The first-order valence-electron chi connectivity index (χ1n) is 8.83. The maximum atomic E-state index is 4.27. The number of hydrogen-bond donors (Lipinski definition) is 0. The van der Waals surface area contributed by atoms with E-state index in [0.29, 0.717) is 0 Å². The van der Waals surface area contributed by atoms with Crippen molar-refractivity contribution >= 4 is 0 Å². The Morgan fingerprint density at radius 1 is 0.560 bits per heavy atom. The molecule has 2 heteroatoms. The van der Waals surface area contributed by atoms with Gasteiger partial charge in [-0.25, -0.2) is 0 Å². The van der Waals surface area contributed by atoms with Crippen LogP contribution in [0.3, 0.4) is 0 Å². The van der Waals surface area contributed by atoms with Crippen LogP contribution in [0.4, 0.5) is 0 Å². The van der Waals surface area contributed by atoms with Crippen LogP contribution in [-0.2, 0) is 0 Å². The first-order valence-corrected chi connectivity index (χ1v) is 8.83. The number of benzene rings is 2. The molecule has 0 fully saturated rings. The van der Waals surface area contributed by atoms with Gasteiger partial charge in [0.15, 0.2) is 0 Å². The Labute approximate surface area is 153 Å². The van der Waals surface area contributed by atoms with Crippen LogP contribution in [0.1, 0.15) is 41.7 Å². The monoisotopic (exact) mass is 334 g/mol. The van der Waals surface area contributed by atoms with E-state index in [-0.39, 0.29) is 0 Å². The Morgan fingerprint density at radius 3 is 1.32 bits per heavy atom. The van der Waals surface area contributed by atoms with Crippen molar-refractivity contribution in [1.82, 2.24) is 9.97 Å². The zero-order valence-electron chi connectivity index (χ0n) is 16.6. The Bertz CT molecular complexity index is 707. The maximum absolute atomic E-state index is 4.27. The molecule has 0 N–H and O–H groups in total. The molecule has 0 aliphatic rings. The van der Waals surface area contributed by atoms with Crippen LogP contribution in [-0.4, -0.2) is 9.97 Å². The lowest BCUT2D eigenvalue weighted by Crippen LogP contribution is -1.86. The van der Waals surface area contributed by atoms with Crippen LogP contribution in [0, 0.1) is 34.6 Å². The fourth-order valence-electron chi connectivity index (χ4n) is 2.77. The van der Waals surface area contributed by atoms with E-state index in [1.807, 2.05) is 13.8 Å². The molecule has 1 aromatic heterocycles. The predicted molar refractivity (Wildman–Crippen MR) is 109 cm³/mol. The second-order valence-corrected chi connectivity index (χ2v) is 6.13. The van der Waals surface area contributed by atoms with Crippen molar-refractivity contribution in [3.05, 3.63) is 82.8 Å². The Morgan fingerprint density at radius 2 is 0.960 bits per heavy atom. The molecule has 0 unspecified atom stereocenters. The van der Waals surface area contributed by atoms with E-state index in [0.717, 1.165) is 11.3 Å². The van der Waals surface area contributed by atoms with Crippen LogP contribution < -0.4 is 0 Å². The highest BCUT2D eigenvalue weighted by Crippen LogP contribution is 2.18. The summed E-state index contributed by atoms with van der Waals surface area (Å²) < 4.78 is 0. The summed E-state index contributed by atoms with van der Waals surface area (Å²) in [7, 11) is 0. The SMILES string of the molecule is CC.Cc1cc(C)cc(-c2cnccn2)c1.Cc1cc(C)cc(C)c1. The molecular formula is C23H30N2. The maximum Gasteiger partial charge on any atom is 0.0885 e. The van der Waals surface area contributed by atoms with Gasteiger partial charge >= 0.3 is 0 Å². The second kappa shape index (κ2) is 10.4. The van der Waals surface area contributed by atoms with Gasteiger partial charge in [-0.3, -0.25) is 9.97 Å². The quantitative estimate of drug-likeness (QED) is 0.514. The van der Waals surface area contributed by atoms with Crippen LogP contribution in [0.2, 0.25) is 0 Å². The molecule has 0 bridgehead atoms. The molecule has 0 aliphatic heterocycles. The third-order valence-electron chi connectivity index (χ3n) is 3.45. The number of aryl methyl sites for hydroxylation is 5. The minimum Gasteiger partial charge on any atom is -0.261 e. The van der Waals surface area contributed by atoms with Crippen molar-refractivity contribution in [2.24, 2.45) is 0 Å². The summed E-state index contributed by atoms with van der Waals surface area (Å²) in [6.45, 7) is 14.6. The van der Waals surface area contributed by atoms with E-state index in [9.17, 15) is 0 Å². The minimum atomic E-state index is 0.930. The average molecular weight is 335 g/mol. The van der Waals surface area contributed by atoms with Crippen LogP contribution in [0.5, 0.6) is 0 Å². The fourth-order valence-corrected chi connectivity index (χ4v) is 2.77. The number of rotatable bonds is 1. The molecule has 0 spiro atoms. The summed E-state index contributed by atoms with van der Waals surface area (Å²) in [6.07, 6.45) is 5.19. The molecule has 0 aliphatic carbocycles. The summed E-state index contributed by atoms with van der Waals surface area (Å²) in [5.74, 6) is 0. The number of aromatic nitrogens is 2. The second-order valence-electron chi connectivity index (χ2n) is 6.13. The fraction of sp³-hybridized carbons (Fsp3) is 0.304. The molecule has 0 saturated heterocycles. The average Bonchev–Trinajstić information content (AvgIpc) is 2.56. The molecule has 0 atom stereocenters. The van der Waals surface area contributed by atoms with E-state index >= 15 is 0 Å². The largest absolute Gasteiger partial charge is 0.261 e. The van der Waals surface area contributed by atoms with E-state index < -0.39 is 0 Å². The van der Waals surface area contributed by atoms with Gasteiger partial charge in [0.2, 0.25) is 0 Å². The van der Waals surface area contributed by atoms with Crippen molar-refractivity contribution in [1.29, 1.82) is 0 Å². The number of nitrogens with zero attached hydrogens (tertiary/aromatic N) is 2. The van der Waals surface area contributed by atoms with Gasteiger partial charge in [0.1, 0.15) is 0 Å². The zero-order chi connectivity index (χ0) is 18.8. The summed E-state index contributed by atoms with van der Waals surface area (Å²) in [4.78, 5) is 8.33. The molecule has 3 rings (SSSR count). The van der Waals surface area contributed by atoms with Gasteiger partial charge in [0.25, 0.3) is 0 Å². The van der Waals surface area contributed by atoms with Gasteiger partial charge in [-0.1, -0.05) is 65.9 Å². The summed E-state index contributed by atoms with van der Waals surface area (Å²) >= 11 is 0. The lowest BCUT2D eigenvalue weighted by Gasteiger charge is -2.03. The summed E-state index contributed by atoms with van der Waals surface area (Å²) in [5.41, 5.74) is 8.64. The normalized spacial score (nSPS) is 9.40. The van der Waals surface area contributed by atoms with Gasteiger partial charge in [-0.2, -0.15) is 0 Å². The van der Waals surface area contributed by atoms with E-state index in [2.05, 4.69) is 81.0 Å². The Hall–Kier alpha value is -2.48. The Balaban J connectivity index is 0.000000246. The van der Waals surface area contributed by atoms with Gasteiger partial charge in [-0.05, 0) is 46.8 Å². The van der Waals surface area contributed by atoms with Crippen LogP contribution in [0.25, 0.3) is 11.3 Å². The van der Waals surface area contributed by atoms with Crippen molar-refractivity contribution in [3.63, 3.8) is 0 Å². The van der Waals surface area contributed by atoms with Crippen molar-refractivity contribution in [2.45, 2.75) is 48.5 Å². The summed E-state index contributed by atoms with van der Waals surface area (Å²) in [5, 5.41) is 0. The molecule has 132 valence electrons. The number of hydrogen-bond acceptors (Lipinski definition) is 2. The molecular weight excluding hydrogens is 304 g/mol. The van der Waals surface area contributed by atoms with E-state index in [4.69, 9.17) is 0 Å². The Kier molecular flexibility index (Phi) is 8.55. The topological polar surface area (TPSA) is 25.8 Å².